The normalized spacial score (nSPS) is 21.2. The first-order chi connectivity index (χ1) is 6.90. The average Bonchev–Trinajstić information content (AvgIpc) is 2.62. The molecule has 1 rings (SSSR count). The minimum atomic E-state index is -0.567. The first kappa shape index (κ1) is 12.9. The van der Waals surface area contributed by atoms with Gasteiger partial charge in [-0.1, -0.05) is 12.8 Å². The number of nitrogens with two attached hydrogens (primary N) is 1. The molecule has 0 aromatic heterocycles. The lowest BCUT2D eigenvalue weighted by atomic mass is 9.94. The van der Waals surface area contributed by atoms with E-state index in [0.717, 1.165) is 19.5 Å². The molecule has 0 aliphatic heterocycles. The molecule has 1 aliphatic carbocycles. The first-order valence-corrected chi connectivity index (χ1v) is 6.03. The number of hydrogen-bond donors (Lipinski definition) is 2. The maximum atomic E-state index is 9.71. The molecule has 0 bridgehead atoms. The predicted molar refractivity (Wildman–Crippen MR) is 63.8 cm³/mol. The van der Waals surface area contributed by atoms with Gasteiger partial charge in [-0.3, -0.25) is 4.90 Å². The molecule has 0 aromatic carbocycles. The Hall–Kier alpha value is -0.120. The monoisotopic (exact) mass is 214 g/mol. The van der Waals surface area contributed by atoms with Gasteiger partial charge in [0.1, 0.15) is 0 Å². The molecule has 1 saturated carbocycles. The Morgan fingerprint density at radius 2 is 1.87 bits per heavy atom. The van der Waals surface area contributed by atoms with Crippen LogP contribution < -0.4 is 5.73 Å². The minimum Gasteiger partial charge on any atom is -0.390 e. The Morgan fingerprint density at radius 1 is 1.33 bits per heavy atom. The second-order valence-corrected chi connectivity index (χ2v) is 5.62. The Bertz CT molecular complexity index is 192. The molecule has 90 valence electrons. The molecule has 3 N–H and O–H groups in total. The molecule has 0 radical (unpaired) electrons. The van der Waals surface area contributed by atoms with Crippen molar-refractivity contribution in [2.75, 3.05) is 20.1 Å². The molecule has 1 aliphatic rings. The summed E-state index contributed by atoms with van der Waals surface area (Å²) >= 11 is 0. The van der Waals surface area contributed by atoms with Crippen molar-refractivity contribution in [1.29, 1.82) is 0 Å². The summed E-state index contributed by atoms with van der Waals surface area (Å²) in [5, 5.41) is 9.71. The summed E-state index contributed by atoms with van der Waals surface area (Å²) in [5.74, 6) is 0. The summed E-state index contributed by atoms with van der Waals surface area (Å²) < 4.78 is 0. The topological polar surface area (TPSA) is 49.5 Å². The highest BCUT2D eigenvalue weighted by molar-refractivity contribution is 4.94. The Labute approximate surface area is 93.6 Å². The number of nitrogens with zero attached hydrogens (tertiary/aromatic N) is 1. The van der Waals surface area contributed by atoms with Gasteiger partial charge in [0.15, 0.2) is 0 Å². The van der Waals surface area contributed by atoms with Gasteiger partial charge in [0.25, 0.3) is 0 Å². The van der Waals surface area contributed by atoms with Crippen LogP contribution in [0, 0.1) is 0 Å². The number of rotatable bonds is 5. The van der Waals surface area contributed by atoms with Crippen LogP contribution in [0.3, 0.4) is 0 Å². The van der Waals surface area contributed by atoms with Gasteiger partial charge < -0.3 is 10.8 Å². The van der Waals surface area contributed by atoms with E-state index in [4.69, 9.17) is 5.73 Å². The van der Waals surface area contributed by atoms with Gasteiger partial charge in [-0.05, 0) is 40.2 Å². The molecule has 0 unspecified atom stereocenters. The molecule has 0 aromatic rings. The van der Waals surface area contributed by atoms with Crippen molar-refractivity contribution in [3.63, 3.8) is 0 Å². The lowest BCUT2D eigenvalue weighted by Crippen LogP contribution is -2.51. The SMILES string of the molecule is CN(CCC(C)(C)O)C1(CN)CCCC1. The summed E-state index contributed by atoms with van der Waals surface area (Å²) in [4.78, 5) is 2.36. The van der Waals surface area contributed by atoms with E-state index < -0.39 is 5.60 Å². The van der Waals surface area contributed by atoms with Crippen molar-refractivity contribution in [2.24, 2.45) is 5.73 Å². The maximum Gasteiger partial charge on any atom is 0.0603 e. The number of hydrogen-bond acceptors (Lipinski definition) is 3. The summed E-state index contributed by atoms with van der Waals surface area (Å²) in [6.07, 6.45) is 5.83. The molecule has 0 spiro atoms. The van der Waals surface area contributed by atoms with E-state index in [1.54, 1.807) is 0 Å². The number of likely N-dealkylation sites (N-methyl/N-ethyl adjacent to an activating group) is 1. The van der Waals surface area contributed by atoms with Crippen molar-refractivity contribution < 1.29 is 5.11 Å². The molecule has 0 heterocycles. The molecule has 0 saturated heterocycles. The second kappa shape index (κ2) is 4.81. The van der Waals surface area contributed by atoms with E-state index in [9.17, 15) is 5.11 Å². The lowest BCUT2D eigenvalue weighted by Gasteiger charge is -2.39. The van der Waals surface area contributed by atoms with E-state index in [1.165, 1.54) is 25.7 Å². The van der Waals surface area contributed by atoms with Crippen molar-refractivity contribution in [2.45, 2.75) is 57.1 Å². The average molecular weight is 214 g/mol. The van der Waals surface area contributed by atoms with Gasteiger partial charge in [-0.25, -0.2) is 0 Å². The fraction of sp³-hybridized carbons (Fsp3) is 1.00. The van der Waals surface area contributed by atoms with Crippen LogP contribution in [0.15, 0.2) is 0 Å². The van der Waals surface area contributed by atoms with E-state index in [1.807, 2.05) is 13.8 Å². The lowest BCUT2D eigenvalue weighted by molar-refractivity contribution is 0.0412. The largest absolute Gasteiger partial charge is 0.390 e. The molecular weight excluding hydrogens is 188 g/mol. The third-order valence-corrected chi connectivity index (χ3v) is 3.78. The van der Waals surface area contributed by atoms with Crippen molar-refractivity contribution in [3.05, 3.63) is 0 Å². The first-order valence-electron chi connectivity index (χ1n) is 6.03. The molecule has 15 heavy (non-hydrogen) atoms. The molecule has 3 nitrogen and oxygen atoms in total. The smallest absolute Gasteiger partial charge is 0.0603 e. The zero-order valence-electron chi connectivity index (χ0n) is 10.4. The number of aliphatic hydroxyl groups is 1. The Balaban J connectivity index is 2.47. The molecule has 0 atom stereocenters. The fourth-order valence-electron chi connectivity index (χ4n) is 2.45. The highest BCUT2D eigenvalue weighted by Gasteiger charge is 2.36. The maximum absolute atomic E-state index is 9.71. The van der Waals surface area contributed by atoms with E-state index in [0.29, 0.717) is 0 Å². The van der Waals surface area contributed by atoms with Gasteiger partial charge in [0, 0.05) is 18.6 Å². The molecule has 3 heteroatoms. The van der Waals surface area contributed by atoms with Crippen LogP contribution in [0.1, 0.15) is 46.0 Å². The zero-order valence-corrected chi connectivity index (χ0v) is 10.4. The highest BCUT2D eigenvalue weighted by atomic mass is 16.3. The third kappa shape index (κ3) is 3.44. The summed E-state index contributed by atoms with van der Waals surface area (Å²) in [6, 6.07) is 0. The van der Waals surface area contributed by atoms with Gasteiger partial charge in [-0.2, -0.15) is 0 Å². The highest BCUT2D eigenvalue weighted by Crippen LogP contribution is 2.33. The summed E-state index contributed by atoms with van der Waals surface area (Å²) in [7, 11) is 2.14. The third-order valence-electron chi connectivity index (χ3n) is 3.78. The summed E-state index contributed by atoms with van der Waals surface area (Å²) in [6.45, 7) is 5.41. The van der Waals surface area contributed by atoms with Crippen LogP contribution >= 0.6 is 0 Å². The van der Waals surface area contributed by atoms with Gasteiger partial charge in [0.05, 0.1) is 5.60 Å². The van der Waals surface area contributed by atoms with Crippen LogP contribution in [0.4, 0.5) is 0 Å². The quantitative estimate of drug-likeness (QED) is 0.726. The summed E-state index contributed by atoms with van der Waals surface area (Å²) in [5.41, 5.74) is 5.55. The zero-order chi connectivity index (χ0) is 11.5. The van der Waals surface area contributed by atoms with E-state index >= 15 is 0 Å². The molecule has 0 amide bonds. The van der Waals surface area contributed by atoms with Crippen LogP contribution in [-0.4, -0.2) is 41.3 Å². The van der Waals surface area contributed by atoms with E-state index in [-0.39, 0.29) is 5.54 Å². The molecular formula is C12H26N2O. The van der Waals surface area contributed by atoms with Crippen LogP contribution in [0.5, 0.6) is 0 Å². The molecule has 1 fully saturated rings. The Morgan fingerprint density at radius 3 is 2.27 bits per heavy atom. The van der Waals surface area contributed by atoms with E-state index in [2.05, 4.69) is 11.9 Å². The van der Waals surface area contributed by atoms with Gasteiger partial charge in [-0.15, -0.1) is 0 Å². The van der Waals surface area contributed by atoms with Gasteiger partial charge in [0.2, 0.25) is 0 Å². The fourth-order valence-corrected chi connectivity index (χ4v) is 2.45. The standard InChI is InChI=1S/C12H26N2O/c1-11(2,15)8-9-14(3)12(10-13)6-4-5-7-12/h15H,4-10,13H2,1-3H3. The Kier molecular flexibility index (Phi) is 4.15. The van der Waals surface area contributed by atoms with Crippen molar-refractivity contribution in [1.82, 2.24) is 4.90 Å². The van der Waals surface area contributed by atoms with Crippen LogP contribution in [-0.2, 0) is 0 Å². The second-order valence-electron chi connectivity index (χ2n) is 5.62. The van der Waals surface area contributed by atoms with Crippen molar-refractivity contribution >= 4 is 0 Å². The van der Waals surface area contributed by atoms with Crippen LogP contribution in [0.25, 0.3) is 0 Å². The van der Waals surface area contributed by atoms with Crippen molar-refractivity contribution in [3.8, 4) is 0 Å². The van der Waals surface area contributed by atoms with Crippen LogP contribution in [0.2, 0.25) is 0 Å². The minimum absolute atomic E-state index is 0.214. The van der Waals surface area contributed by atoms with Gasteiger partial charge >= 0.3 is 0 Å². The predicted octanol–water partition coefficient (Wildman–Crippen LogP) is 1.35.